The van der Waals surface area contributed by atoms with Crippen molar-refractivity contribution >= 4 is 23.3 Å². The van der Waals surface area contributed by atoms with Crippen LogP contribution in [0.2, 0.25) is 5.02 Å². The minimum Gasteiger partial charge on any atom is -0.496 e. The number of carbonyl (C=O) groups is 2. The second-order valence-electron chi connectivity index (χ2n) is 9.49. The van der Waals surface area contributed by atoms with Gasteiger partial charge in [-0.15, -0.1) is 0 Å². The highest BCUT2D eigenvalue weighted by Gasteiger charge is 2.55. The lowest BCUT2D eigenvalue weighted by Gasteiger charge is -2.31. The number of hydrogen-bond donors (Lipinski definition) is 2. The first-order valence-corrected chi connectivity index (χ1v) is 12.7. The van der Waals surface area contributed by atoms with Gasteiger partial charge in [-0.2, -0.15) is 13.2 Å². The molecule has 3 aromatic rings. The third-order valence-electron chi connectivity index (χ3n) is 6.85. The lowest BCUT2D eigenvalue weighted by molar-refractivity contribution is -0.268. The van der Waals surface area contributed by atoms with Crippen molar-refractivity contribution in [2.45, 2.75) is 44.1 Å². The highest BCUT2D eigenvalue weighted by Crippen LogP contribution is 2.45. The molecule has 0 bridgehead atoms. The maximum atomic E-state index is 14.3. The number of nitrogens with one attached hydrogen (secondary N) is 1. The van der Waals surface area contributed by atoms with Gasteiger partial charge in [0.1, 0.15) is 17.3 Å². The van der Waals surface area contributed by atoms with Crippen molar-refractivity contribution in [3.05, 3.63) is 82.1 Å². The number of ketones is 1. The van der Waals surface area contributed by atoms with E-state index >= 15 is 0 Å². The molecule has 1 unspecified atom stereocenters. The third kappa shape index (κ3) is 5.93. The number of ether oxygens (including phenoxy) is 2. The highest BCUT2D eigenvalue weighted by atomic mass is 35.5. The maximum Gasteiger partial charge on any atom is 0.421 e. The smallest absolute Gasteiger partial charge is 0.421 e. The van der Waals surface area contributed by atoms with Crippen molar-refractivity contribution in [2.75, 3.05) is 13.7 Å². The predicted molar refractivity (Wildman–Crippen MR) is 140 cm³/mol. The molecule has 3 aromatic carbocycles. The minimum absolute atomic E-state index is 0.0195. The van der Waals surface area contributed by atoms with Crippen LogP contribution in [-0.4, -0.2) is 42.7 Å². The van der Waals surface area contributed by atoms with Crippen LogP contribution in [0.15, 0.2) is 54.6 Å². The number of aryl methyl sites for hydroxylation is 1. The van der Waals surface area contributed by atoms with Gasteiger partial charge in [-0.25, -0.2) is 4.39 Å². The lowest BCUT2D eigenvalue weighted by Crippen LogP contribution is -2.42. The van der Waals surface area contributed by atoms with Crippen molar-refractivity contribution in [1.29, 1.82) is 0 Å². The summed E-state index contributed by atoms with van der Waals surface area (Å²) in [5, 5.41) is 13.6. The van der Waals surface area contributed by atoms with Gasteiger partial charge >= 0.3 is 6.18 Å². The number of halogens is 5. The van der Waals surface area contributed by atoms with E-state index in [0.29, 0.717) is 18.5 Å². The first-order chi connectivity index (χ1) is 18.8. The van der Waals surface area contributed by atoms with Crippen molar-refractivity contribution < 1.29 is 41.7 Å². The highest BCUT2D eigenvalue weighted by molar-refractivity contribution is 6.32. The summed E-state index contributed by atoms with van der Waals surface area (Å²) in [4.78, 5) is 24.6. The summed E-state index contributed by atoms with van der Waals surface area (Å²) in [6, 6.07) is 11.5. The summed E-state index contributed by atoms with van der Waals surface area (Å²) in [6.45, 7) is 1.97. The van der Waals surface area contributed by atoms with Crippen LogP contribution in [-0.2, 0) is 10.4 Å². The molecule has 1 aliphatic heterocycles. The number of amides is 1. The number of carbonyl (C=O) groups excluding carboxylic acids is 2. The molecule has 1 aliphatic rings. The van der Waals surface area contributed by atoms with E-state index in [-0.39, 0.29) is 39.1 Å². The summed E-state index contributed by atoms with van der Waals surface area (Å²) in [5.74, 6) is -1.07. The van der Waals surface area contributed by atoms with Gasteiger partial charge in [0.2, 0.25) is 0 Å². The van der Waals surface area contributed by atoms with Gasteiger partial charge in [0, 0.05) is 30.5 Å². The Morgan fingerprint density at radius 3 is 2.42 bits per heavy atom. The molecule has 0 saturated carbocycles. The van der Waals surface area contributed by atoms with Gasteiger partial charge in [0.05, 0.1) is 12.1 Å². The van der Waals surface area contributed by atoms with Crippen molar-refractivity contribution in [3.63, 3.8) is 0 Å². The molecule has 1 fully saturated rings. The molecule has 1 saturated heterocycles. The van der Waals surface area contributed by atoms with Crippen LogP contribution in [0, 0.1) is 12.7 Å². The molecule has 6 nitrogen and oxygen atoms in total. The molecule has 2 atom stereocenters. The molecule has 1 amide bonds. The Balaban J connectivity index is 1.58. The molecule has 0 radical (unpaired) electrons. The van der Waals surface area contributed by atoms with E-state index in [0.717, 1.165) is 12.1 Å². The molecule has 11 heteroatoms. The van der Waals surface area contributed by atoms with Crippen LogP contribution in [0.5, 0.6) is 11.5 Å². The van der Waals surface area contributed by atoms with Crippen molar-refractivity contribution in [3.8, 4) is 22.6 Å². The van der Waals surface area contributed by atoms with Crippen LogP contribution in [0.1, 0.15) is 40.7 Å². The van der Waals surface area contributed by atoms with E-state index in [1.54, 1.807) is 0 Å². The second kappa shape index (κ2) is 11.5. The number of alkyl halides is 3. The fraction of sp³-hybridized carbons (Fsp3) is 0.310. The Morgan fingerprint density at radius 2 is 1.82 bits per heavy atom. The maximum absolute atomic E-state index is 14.3. The number of hydrogen-bond acceptors (Lipinski definition) is 5. The molecule has 0 aliphatic carbocycles. The molecule has 0 spiro atoms. The second-order valence-corrected chi connectivity index (χ2v) is 9.90. The molecular weight excluding hydrogens is 554 g/mol. The van der Waals surface area contributed by atoms with Crippen LogP contribution in [0.25, 0.3) is 11.1 Å². The number of Topliss-reactive ketones (excluding diaryl/α,β-unsaturated/α-hetero) is 1. The van der Waals surface area contributed by atoms with Gasteiger partial charge in [-0.05, 0) is 72.5 Å². The molecule has 212 valence electrons. The zero-order valence-corrected chi connectivity index (χ0v) is 22.3. The van der Waals surface area contributed by atoms with Crippen LogP contribution >= 0.6 is 11.6 Å². The monoisotopic (exact) mass is 579 g/mol. The number of methoxy groups -OCH3 is 1. The van der Waals surface area contributed by atoms with E-state index in [2.05, 4.69) is 5.32 Å². The number of aliphatic hydroxyl groups is 1. The minimum atomic E-state index is -5.13. The molecule has 2 N–H and O–H groups in total. The van der Waals surface area contributed by atoms with Gasteiger partial charge < -0.3 is 19.9 Å². The molecular formula is C29H26ClF4NO5. The molecule has 0 aromatic heterocycles. The summed E-state index contributed by atoms with van der Waals surface area (Å²) in [7, 11) is 1.34. The predicted octanol–water partition coefficient (Wildman–Crippen LogP) is 6.14. The van der Waals surface area contributed by atoms with E-state index < -0.39 is 47.9 Å². The summed E-state index contributed by atoms with van der Waals surface area (Å²) in [5.41, 5.74) is -2.96. The fourth-order valence-corrected chi connectivity index (χ4v) is 4.72. The summed E-state index contributed by atoms with van der Waals surface area (Å²) < 4.78 is 67.6. The Morgan fingerprint density at radius 1 is 1.10 bits per heavy atom. The standard InChI is InChI=1S/C29H26ClF4NO5/c1-16-13-17(3-6-22(16)31)20-15-19(5-8-24(20)39-2)28(38,29(32,33)34)11-9-23(36)18-4-7-25(21(30)14-18)40-26-10-12-35-27(26)37/h3-8,13-15,26,38H,9-12H2,1-2H3,(H,35,37)/t26-,28?/m1/s1. The number of benzene rings is 3. The van der Waals surface area contributed by atoms with Crippen LogP contribution in [0.3, 0.4) is 0 Å². The third-order valence-corrected chi connectivity index (χ3v) is 7.15. The average Bonchev–Trinajstić information content (AvgIpc) is 3.32. The van der Waals surface area contributed by atoms with Gasteiger partial charge in [-0.1, -0.05) is 23.7 Å². The fourth-order valence-electron chi connectivity index (χ4n) is 4.50. The van der Waals surface area contributed by atoms with Gasteiger partial charge in [-0.3, -0.25) is 9.59 Å². The summed E-state index contributed by atoms with van der Waals surface area (Å²) in [6.07, 6.45) is -7.04. The summed E-state index contributed by atoms with van der Waals surface area (Å²) >= 11 is 6.21. The van der Waals surface area contributed by atoms with Crippen molar-refractivity contribution in [2.24, 2.45) is 0 Å². The SMILES string of the molecule is COc1ccc(C(O)(CCC(=O)c2ccc(O[C@@H]3CCNC3=O)c(Cl)c2)C(F)(F)F)cc1-c1ccc(F)c(C)c1. The van der Waals surface area contributed by atoms with Gasteiger partial charge in [0.15, 0.2) is 17.5 Å². The first-order valence-electron chi connectivity index (χ1n) is 12.4. The molecule has 40 heavy (non-hydrogen) atoms. The van der Waals surface area contributed by atoms with Crippen LogP contribution in [0.4, 0.5) is 17.6 Å². The van der Waals surface area contributed by atoms with E-state index in [4.69, 9.17) is 21.1 Å². The van der Waals surface area contributed by atoms with E-state index in [1.165, 1.54) is 56.5 Å². The van der Waals surface area contributed by atoms with Crippen LogP contribution < -0.4 is 14.8 Å². The normalized spacial score (nSPS) is 16.8. The average molecular weight is 580 g/mol. The van der Waals surface area contributed by atoms with Gasteiger partial charge in [0.25, 0.3) is 5.91 Å². The zero-order valence-electron chi connectivity index (χ0n) is 21.6. The Kier molecular flexibility index (Phi) is 8.41. The lowest BCUT2D eigenvalue weighted by atomic mass is 9.85. The van der Waals surface area contributed by atoms with E-state index in [9.17, 15) is 32.3 Å². The number of rotatable bonds is 9. The first kappa shape index (κ1) is 29.4. The zero-order chi connectivity index (χ0) is 29.2. The Hall–Kier alpha value is -3.63. The topological polar surface area (TPSA) is 84.9 Å². The Bertz CT molecular complexity index is 1440. The van der Waals surface area contributed by atoms with Crippen molar-refractivity contribution in [1.82, 2.24) is 5.32 Å². The molecule has 4 rings (SSSR count). The van der Waals surface area contributed by atoms with E-state index in [1.807, 2.05) is 0 Å². The Labute approximate surface area is 232 Å². The molecule has 1 heterocycles. The largest absolute Gasteiger partial charge is 0.496 e. The quantitative estimate of drug-likeness (QED) is 0.235.